The maximum atomic E-state index is 13.2. The van der Waals surface area contributed by atoms with Gasteiger partial charge in [-0.1, -0.05) is 23.7 Å². The van der Waals surface area contributed by atoms with Gasteiger partial charge in [0.15, 0.2) is 0 Å². The van der Waals surface area contributed by atoms with Crippen LogP contribution in [0.1, 0.15) is 17.4 Å². The van der Waals surface area contributed by atoms with E-state index in [0.29, 0.717) is 15.8 Å². The molecule has 0 spiro atoms. The predicted octanol–water partition coefficient (Wildman–Crippen LogP) is 4.11. The van der Waals surface area contributed by atoms with Crippen LogP contribution < -0.4 is 0 Å². The van der Waals surface area contributed by atoms with Gasteiger partial charge in [0.25, 0.3) is 0 Å². The Labute approximate surface area is 111 Å². The molecule has 0 aliphatic rings. The molecular weight excluding hydrogens is 310 g/mol. The summed E-state index contributed by atoms with van der Waals surface area (Å²) < 4.78 is 19.0. The average molecular weight is 320 g/mol. The third kappa shape index (κ3) is 2.70. The van der Waals surface area contributed by atoms with E-state index in [1.807, 2.05) is 0 Å². The van der Waals surface area contributed by atoms with Crippen LogP contribution in [0.25, 0.3) is 0 Å². The highest BCUT2D eigenvalue weighted by Gasteiger charge is 2.17. The monoisotopic (exact) mass is 318 g/mol. The summed E-state index contributed by atoms with van der Waals surface area (Å²) in [6, 6.07) is 6.19. The number of hydrogen-bond acceptors (Lipinski definition) is 2. The second-order valence-corrected chi connectivity index (χ2v) is 4.80. The van der Waals surface area contributed by atoms with Crippen LogP contribution in [-0.4, -0.2) is 5.11 Å². The summed E-state index contributed by atoms with van der Waals surface area (Å²) in [6.45, 7) is 0. The van der Waals surface area contributed by atoms with Crippen LogP contribution in [0, 0.1) is 5.82 Å². The van der Waals surface area contributed by atoms with Crippen molar-refractivity contribution in [3.8, 4) is 0 Å². The summed E-state index contributed by atoms with van der Waals surface area (Å²) in [5.74, 6) is -0.0831. The van der Waals surface area contributed by atoms with E-state index in [1.54, 1.807) is 18.2 Å². The summed E-state index contributed by atoms with van der Waals surface area (Å²) in [7, 11) is 0. The van der Waals surface area contributed by atoms with E-state index in [9.17, 15) is 9.50 Å². The second kappa shape index (κ2) is 5.21. The van der Waals surface area contributed by atoms with Crippen molar-refractivity contribution in [2.45, 2.75) is 12.5 Å². The molecule has 0 amide bonds. The molecule has 1 heterocycles. The lowest BCUT2D eigenvalue weighted by Gasteiger charge is -2.10. The van der Waals surface area contributed by atoms with E-state index in [-0.39, 0.29) is 11.4 Å². The second-order valence-electron chi connectivity index (χ2n) is 3.57. The molecule has 17 heavy (non-hydrogen) atoms. The Hall–Kier alpha value is -0.840. The smallest absolute Gasteiger partial charge is 0.146 e. The van der Waals surface area contributed by atoms with Gasteiger partial charge in [0.1, 0.15) is 17.7 Å². The molecule has 1 unspecified atom stereocenters. The Kier molecular flexibility index (Phi) is 3.86. The molecule has 1 atom stereocenters. The predicted molar refractivity (Wildman–Crippen MR) is 66.5 cm³/mol. The summed E-state index contributed by atoms with van der Waals surface area (Å²) in [4.78, 5) is 0. The standard InChI is InChI=1S/C12H9BrClFO2/c13-8-4-5-17-12(8)10(16)6-7-2-1-3-9(15)11(7)14/h1-5,10,16H,6H2. The summed E-state index contributed by atoms with van der Waals surface area (Å²) >= 11 is 9.06. The molecule has 0 aliphatic heterocycles. The molecule has 2 rings (SSSR count). The minimum Gasteiger partial charge on any atom is -0.465 e. The average Bonchev–Trinajstić information content (AvgIpc) is 2.71. The molecule has 5 heteroatoms. The van der Waals surface area contributed by atoms with Crippen LogP contribution >= 0.6 is 27.5 Å². The fourth-order valence-electron chi connectivity index (χ4n) is 1.55. The van der Waals surface area contributed by atoms with Crippen LogP contribution in [0.2, 0.25) is 5.02 Å². The first-order valence-corrected chi connectivity index (χ1v) is 6.10. The first kappa shape index (κ1) is 12.6. The Morgan fingerprint density at radius 2 is 2.18 bits per heavy atom. The van der Waals surface area contributed by atoms with E-state index in [0.717, 1.165) is 0 Å². The van der Waals surface area contributed by atoms with E-state index >= 15 is 0 Å². The number of aliphatic hydroxyl groups is 1. The normalized spacial score (nSPS) is 12.7. The number of halogens is 3. The zero-order valence-electron chi connectivity index (χ0n) is 8.66. The summed E-state index contributed by atoms with van der Waals surface area (Å²) in [5, 5.41) is 9.99. The zero-order valence-corrected chi connectivity index (χ0v) is 11.0. The van der Waals surface area contributed by atoms with Gasteiger partial charge in [-0.25, -0.2) is 4.39 Å². The van der Waals surface area contributed by atoms with Gasteiger partial charge in [0.05, 0.1) is 15.8 Å². The molecule has 1 aromatic heterocycles. The topological polar surface area (TPSA) is 33.4 Å². The lowest BCUT2D eigenvalue weighted by Crippen LogP contribution is -2.02. The largest absolute Gasteiger partial charge is 0.465 e. The van der Waals surface area contributed by atoms with Crippen molar-refractivity contribution in [3.05, 3.63) is 57.2 Å². The van der Waals surface area contributed by atoms with Gasteiger partial charge in [0, 0.05) is 6.42 Å². The van der Waals surface area contributed by atoms with Gasteiger partial charge in [-0.3, -0.25) is 0 Å². The molecule has 2 aromatic rings. The lowest BCUT2D eigenvalue weighted by molar-refractivity contribution is 0.149. The first-order valence-electron chi connectivity index (χ1n) is 4.93. The van der Waals surface area contributed by atoms with E-state index in [2.05, 4.69) is 15.9 Å². The van der Waals surface area contributed by atoms with Crippen LogP contribution in [0.3, 0.4) is 0 Å². The van der Waals surface area contributed by atoms with Gasteiger partial charge < -0.3 is 9.52 Å². The molecule has 0 fully saturated rings. The number of aliphatic hydroxyl groups excluding tert-OH is 1. The third-order valence-corrected chi connectivity index (χ3v) is 3.47. The highest BCUT2D eigenvalue weighted by atomic mass is 79.9. The SMILES string of the molecule is OC(Cc1cccc(F)c1Cl)c1occc1Br. The van der Waals surface area contributed by atoms with Gasteiger partial charge in [-0.05, 0) is 33.6 Å². The quantitative estimate of drug-likeness (QED) is 0.923. The number of benzene rings is 1. The maximum absolute atomic E-state index is 13.2. The van der Waals surface area contributed by atoms with Crippen molar-refractivity contribution < 1.29 is 13.9 Å². The van der Waals surface area contributed by atoms with E-state index in [4.69, 9.17) is 16.0 Å². The number of furan rings is 1. The molecule has 0 bridgehead atoms. The van der Waals surface area contributed by atoms with Crippen LogP contribution in [0.4, 0.5) is 4.39 Å². The fraction of sp³-hybridized carbons (Fsp3) is 0.167. The Balaban J connectivity index is 2.22. The molecule has 1 aromatic carbocycles. The zero-order chi connectivity index (χ0) is 12.4. The molecule has 0 radical (unpaired) electrons. The maximum Gasteiger partial charge on any atom is 0.146 e. The first-order chi connectivity index (χ1) is 8.09. The van der Waals surface area contributed by atoms with Crippen LogP contribution in [0.15, 0.2) is 39.4 Å². The Morgan fingerprint density at radius 3 is 2.82 bits per heavy atom. The summed E-state index contributed by atoms with van der Waals surface area (Å²) in [6.07, 6.45) is 0.803. The summed E-state index contributed by atoms with van der Waals surface area (Å²) in [5.41, 5.74) is 0.544. The number of hydrogen-bond donors (Lipinski definition) is 1. The van der Waals surface area contributed by atoms with Gasteiger partial charge in [-0.15, -0.1) is 0 Å². The van der Waals surface area contributed by atoms with Crippen molar-refractivity contribution in [3.63, 3.8) is 0 Å². The molecular formula is C12H9BrClFO2. The van der Waals surface area contributed by atoms with Gasteiger partial charge in [-0.2, -0.15) is 0 Å². The van der Waals surface area contributed by atoms with Crippen molar-refractivity contribution in [1.82, 2.24) is 0 Å². The number of rotatable bonds is 3. The molecule has 90 valence electrons. The highest BCUT2D eigenvalue weighted by molar-refractivity contribution is 9.10. The van der Waals surface area contributed by atoms with Crippen LogP contribution in [0.5, 0.6) is 0 Å². The Bertz CT molecular complexity index is 527. The molecule has 0 saturated heterocycles. The Morgan fingerprint density at radius 1 is 1.41 bits per heavy atom. The van der Waals surface area contributed by atoms with Crippen molar-refractivity contribution in [1.29, 1.82) is 0 Å². The van der Waals surface area contributed by atoms with Crippen molar-refractivity contribution in [2.24, 2.45) is 0 Å². The third-order valence-electron chi connectivity index (χ3n) is 2.39. The molecule has 1 N–H and O–H groups in total. The lowest BCUT2D eigenvalue weighted by atomic mass is 10.1. The van der Waals surface area contributed by atoms with Crippen molar-refractivity contribution in [2.75, 3.05) is 0 Å². The molecule has 0 aliphatic carbocycles. The van der Waals surface area contributed by atoms with Gasteiger partial charge in [0.2, 0.25) is 0 Å². The van der Waals surface area contributed by atoms with E-state index < -0.39 is 11.9 Å². The van der Waals surface area contributed by atoms with Crippen molar-refractivity contribution >= 4 is 27.5 Å². The highest BCUT2D eigenvalue weighted by Crippen LogP contribution is 2.29. The van der Waals surface area contributed by atoms with Crippen LogP contribution in [-0.2, 0) is 6.42 Å². The minimum atomic E-state index is -0.862. The minimum absolute atomic E-state index is 0.0363. The molecule has 0 saturated carbocycles. The molecule has 2 nitrogen and oxygen atoms in total. The van der Waals surface area contributed by atoms with Gasteiger partial charge >= 0.3 is 0 Å². The fourth-order valence-corrected chi connectivity index (χ4v) is 2.22. The van der Waals surface area contributed by atoms with E-state index in [1.165, 1.54) is 12.3 Å².